The Hall–Kier alpha value is -1.94. The maximum absolute atomic E-state index is 13.2. The van der Waals surface area contributed by atoms with Crippen molar-refractivity contribution in [2.24, 2.45) is 0 Å². The Morgan fingerprint density at radius 1 is 1.16 bits per heavy atom. The second-order valence-corrected chi connectivity index (χ2v) is 4.69. The molecule has 3 rings (SSSR count). The standard InChI is InChI=1S/C14H10ClFN2O/c1-7-13(17-8(2)18-14(7)15)12-6-9-5-10(16)3-4-11(9)19-12/h3-6H,1-2H3. The van der Waals surface area contributed by atoms with Gasteiger partial charge < -0.3 is 4.42 Å². The smallest absolute Gasteiger partial charge is 0.154 e. The number of benzene rings is 1. The summed E-state index contributed by atoms with van der Waals surface area (Å²) in [6, 6.07) is 6.14. The topological polar surface area (TPSA) is 38.9 Å². The third-order valence-corrected chi connectivity index (χ3v) is 3.28. The lowest BCUT2D eigenvalue weighted by molar-refractivity contribution is 0.617. The predicted molar refractivity (Wildman–Crippen MR) is 71.7 cm³/mol. The van der Waals surface area contributed by atoms with E-state index in [1.807, 2.05) is 6.92 Å². The second-order valence-electron chi connectivity index (χ2n) is 4.33. The van der Waals surface area contributed by atoms with Gasteiger partial charge in [-0.15, -0.1) is 0 Å². The van der Waals surface area contributed by atoms with E-state index in [1.54, 1.807) is 19.1 Å². The lowest BCUT2D eigenvalue weighted by atomic mass is 10.2. The first-order chi connectivity index (χ1) is 9.04. The summed E-state index contributed by atoms with van der Waals surface area (Å²) >= 11 is 6.04. The van der Waals surface area contributed by atoms with Crippen molar-refractivity contribution in [3.63, 3.8) is 0 Å². The van der Waals surface area contributed by atoms with Crippen LogP contribution in [-0.4, -0.2) is 9.97 Å². The van der Waals surface area contributed by atoms with Crippen LogP contribution >= 0.6 is 11.6 Å². The zero-order chi connectivity index (χ0) is 13.6. The predicted octanol–water partition coefficient (Wildman–Crippen LogP) is 4.30. The van der Waals surface area contributed by atoms with E-state index in [4.69, 9.17) is 16.0 Å². The molecule has 5 heteroatoms. The Bertz CT molecular complexity index is 782. The highest BCUT2D eigenvalue weighted by Crippen LogP contribution is 2.31. The van der Waals surface area contributed by atoms with E-state index in [9.17, 15) is 4.39 Å². The fraction of sp³-hybridized carbons (Fsp3) is 0.143. The molecule has 0 unspecified atom stereocenters. The quantitative estimate of drug-likeness (QED) is 0.622. The molecule has 0 aliphatic carbocycles. The molecule has 0 saturated carbocycles. The number of furan rings is 1. The molecule has 96 valence electrons. The van der Waals surface area contributed by atoms with Gasteiger partial charge >= 0.3 is 0 Å². The van der Waals surface area contributed by atoms with Crippen molar-refractivity contribution in [3.05, 3.63) is 46.6 Å². The number of aromatic nitrogens is 2. The molecule has 0 radical (unpaired) electrons. The van der Waals surface area contributed by atoms with Gasteiger partial charge in [-0.1, -0.05) is 11.6 Å². The summed E-state index contributed by atoms with van der Waals surface area (Å²) < 4.78 is 18.9. The number of hydrogen-bond acceptors (Lipinski definition) is 3. The number of rotatable bonds is 1. The molecule has 0 N–H and O–H groups in total. The summed E-state index contributed by atoms with van der Waals surface area (Å²) in [7, 11) is 0. The second kappa shape index (κ2) is 4.31. The van der Waals surface area contributed by atoms with Gasteiger partial charge in [-0.05, 0) is 38.1 Å². The zero-order valence-corrected chi connectivity index (χ0v) is 11.1. The number of halogens is 2. The van der Waals surface area contributed by atoms with Crippen LogP contribution in [0.15, 0.2) is 28.7 Å². The molecule has 0 fully saturated rings. The lowest BCUT2D eigenvalue weighted by Crippen LogP contribution is -1.95. The average molecular weight is 277 g/mol. The van der Waals surface area contributed by atoms with E-state index < -0.39 is 0 Å². The fourth-order valence-corrected chi connectivity index (χ4v) is 2.18. The summed E-state index contributed by atoms with van der Waals surface area (Å²) in [5.74, 6) is 0.830. The third kappa shape index (κ3) is 2.08. The van der Waals surface area contributed by atoms with Crippen LogP contribution in [0.5, 0.6) is 0 Å². The molecule has 19 heavy (non-hydrogen) atoms. The fourth-order valence-electron chi connectivity index (χ4n) is 1.97. The highest BCUT2D eigenvalue weighted by molar-refractivity contribution is 6.30. The minimum absolute atomic E-state index is 0.298. The minimum Gasteiger partial charge on any atom is -0.454 e. The molecule has 0 aliphatic rings. The van der Waals surface area contributed by atoms with E-state index >= 15 is 0 Å². The first kappa shape index (κ1) is 12.1. The van der Waals surface area contributed by atoms with E-state index in [0.29, 0.717) is 33.4 Å². The molecule has 0 spiro atoms. The van der Waals surface area contributed by atoms with Crippen molar-refractivity contribution >= 4 is 22.6 Å². The molecule has 0 bridgehead atoms. The molecule has 1 aromatic carbocycles. The van der Waals surface area contributed by atoms with Crippen LogP contribution in [0.4, 0.5) is 4.39 Å². The van der Waals surface area contributed by atoms with Gasteiger partial charge in [-0.3, -0.25) is 0 Å². The molecule has 0 saturated heterocycles. The number of fused-ring (bicyclic) bond motifs is 1. The maximum atomic E-state index is 13.2. The molecule has 2 heterocycles. The average Bonchev–Trinajstić information content (AvgIpc) is 2.76. The summed E-state index contributed by atoms with van der Waals surface area (Å²) in [6.45, 7) is 3.59. The van der Waals surface area contributed by atoms with Gasteiger partial charge in [-0.25, -0.2) is 14.4 Å². The molecule has 0 aliphatic heterocycles. The Balaban J connectivity index is 2.24. The van der Waals surface area contributed by atoms with Crippen molar-refractivity contribution in [3.8, 4) is 11.5 Å². The van der Waals surface area contributed by atoms with Crippen LogP contribution in [0.3, 0.4) is 0 Å². The van der Waals surface area contributed by atoms with Crippen LogP contribution < -0.4 is 0 Å². The van der Waals surface area contributed by atoms with E-state index in [1.165, 1.54) is 12.1 Å². The van der Waals surface area contributed by atoms with Crippen LogP contribution in [0.1, 0.15) is 11.4 Å². The van der Waals surface area contributed by atoms with E-state index in [-0.39, 0.29) is 5.82 Å². The van der Waals surface area contributed by atoms with Gasteiger partial charge in [0.1, 0.15) is 28.1 Å². The minimum atomic E-state index is -0.298. The van der Waals surface area contributed by atoms with Crippen LogP contribution in [-0.2, 0) is 0 Å². The van der Waals surface area contributed by atoms with Crippen LogP contribution in [0, 0.1) is 19.7 Å². The van der Waals surface area contributed by atoms with Gasteiger partial charge in [-0.2, -0.15) is 0 Å². The van der Waals surface area contributed by atoms with Gasteiger partial charge in [0.2, 0.25) is 0 Å². The summed E-state index contributed by atoms with van der Waals surface area (Å²) in [4.78, 5) is 8.42. The van der Waals surface area contributed by atoms with Crippen LogP contribution in [0.2, 0.25) is 5.15 Å². The Labute approximate surface area is 114 Å². The summed E-state index contributed by atoms with van der Waals surface area (Å²) in [5, 5.41) is 1.09. The number of nitrogens with zero attached hydrogens (tertiary/aromatic N) is 2. The van der Waals surface area contributed by atoms with Crippen molar-refractivity contribution in [2.75, 3.05) is 0 Å². The maximum Gasteiger partial charge on any atom is 0.154 e. The van der Waals surface area contributed by atoms with Crippen molar-refractivity contribution in [2.45, 2.75) is 13.8 Å². The van der Waals surface area contributed by atoms with Crippen LogP contribution in [0.25, 0.3) is 22.4 Å². The Kier molecular flexibility index (Phi) is 2.75. The van der Waals surface area contributed by atoms with Crippen molar-refractivity contribution in [1.82, 2.24) is 9.97 Å². The molecule has 0 amide bonds. The molecule has 0 atom stereocenters. The zero-order valence-electron chi connectivity index (χ0n) is 10.4. The first-order valence-electron chi connectivity index (χ1n) is 5.75. The normalized spacial score (nSPS) is 11.2. The van der Waals surface area contributed by atoms with Gasteiger partial charge in [0.15, 0.2) is 5.76 Å². The molecular formula is C14H10ClFN2O. The van der Waals surface area contributed by atoms with Gasteiger partial charge in [0, 0.05) is 10.9 Å². The van der Waals surface area contributed by atoms with E-state index in [2.05, 4.69) is 9.97 Å². The number of hydrogen-bond donors (Lipinski definition) is 0. The SMILES string of the molecule is Cc1nc(Cl)c(C)c(-c2cc3cc(F)ccc3o2)n1. The van der Waals surface area contributed by atoms with Gasteiger partial charge in [0.05, 0.1) is 0 Å². The molecular weight excluding hydrogens is 267 g/mol. The largest absolute Gasteiger partial charge is 0.454 e. The first-order valence-corrected chi connectivity index (χ1v) is 6.12. The lowest BCUT2D eigenvalue weighted by Gasteiger charge is -2.04. The summed E-state index contributed by atoms with van der Waals surface area (Å²) in [5.41, 5.74) is 1.99. The Morgan fingerprint density at radius 2 is 1.95 bits per heavy atom. The monoisotopic (exact) mass is 276 g/mol. The van der Waals surface area contributed by atoms with Gasteiger partial charge in [0.25, 0.3) is 0 Å². The molecule has 2 aromatic heterocycles. The highest BCUT2D eigenvalue weighted by Gasteiger charge is 2.14. The highest BCUT2D eigenvalue weighted by atomic mass is 35.5. The van der Waals surface area contributed by atoms with E-state index in [0.717, 1.165) is 5.56 Å². The van der Waals surface area contributed by atoms with Crippen molar-refractivity contribution in [1.29, 1.82) is 0 Å². The third-order valence-electron chi connectivity index (χ3n) is 2.91. The summed E-state index contributed by atoms with van der Waals surface area (Å²) in [6.07, 6.45) is 0. The molecule has 3 nitrogen and oxygen atoms in total. The molecule has 3 aromatic rings. The Morgan fingerprint density at radius 3 is 2.74 bits per heavy atom. The number of aryl methyl sites for hydroxylation is 1. The van der Waals surface area contributed by atoms with Crippen molar-refractivity contribution < 1.29 is 8.81 Å².